The number of hydrogen-bond donors (Lipinski definition) is 2. The highest BCUT2D eigenvalue weighted by atomic mass is 16.3. The Hall–Kier alpha value is -1.06. The van der Waals surface area contributed by atoms with E-state index in [0.717, 1.165) is 32.4 Å². The molecule has 3 saturated heterocycles. The molecule has 2 atom stereocenters. The maximum Gasteiger partial charge on any atom is 0.115 e. The van der Waals surface area contributed by atoms with Crippen LogP contribution in [0, 0.1) is 5.92 Å². The molecule has 0 aliphatic carbocycles. The van der Waals surface area contributed by atoms with E-state index in [1.807, 2.05) is 12.1 Å². The molecule has 3 heteroatoms. The Bertz CT molecular complexity index is 380. The van der Waals surface area contributed by atoms with Crippen LogP contribution >= 0.6 is 0 Å². The van der Waals surface area contributed by atoms with Gasteiger partial charge in [0.1, 0.15) is 5.75 Å². The van der Waals surface area contributed by atoms with Gasteiger partial charge in [0, 0.05) is 6.04 Å². The summed E-state index contributed by atoms with van der Waals surface area (Å²) in [7, 11) is 0. The minimum absolute atomic E-state index is 0.175. The van der Waals surface area contributed by atoms with E-state index in [2.05, 4.69) is 4.90 Å². The molecule has 4 rings (SSSR count). The first-order chi connectivity index (χ1) is 8.24. The highest BCUT2D eigenvalue weighted by Gasteiger charge is 2.40. The van der Waals surface area contributed by atoms with Crippen LogP contribution in [0.4, 0.5) is 0 Å². The molecule has 3 heterocycles. The van der Waals surface area contributed by atoms with Crippen molar-refractivity contribution in [3.8, 4) is 5.75 Å². The topological polar surface area (TPSA) is 43.7 Å². The van der Waals surface area contributed by atoms with Gasteiger partial charge in [0.15, 0.2) is 0 Å². The monoisotopic (exact) mass is 233 g/mol. The fraction of sp³-hybridized carbons (Fsp3) is 0.571. The summed E-state index contributed by atoms with van der Waals surface area (Å²) in [4.78, 5) is 2.41. The van der Waals surface area contributed by atoms with Crippen LogP contribution in [0.3, 0.4) is 0 Å². The van der Waals surface area contributed by atoms with Gasteiger partial charge in [0.05, 0.1) is 6.10 Å². The lowest BCUT2D eigenvalue weighted by Crippen LogP contribution is -2.58. The summed E-state index contributed by atoms with van der Waals surface area (Å²) in [5, 5.41) is 19.5. The molecule has 1 aromatic rings. The van der Waals surface area contributed by atoms with Crippen molar-refractivity contribution >= 4 is 0 Å². The lowest BCUT2D eigenvalue weighted by atomic mass is 9.78. The Balaban J connectivity index is 1.74. The molecule has 1 aromatic carbocycles. The van der Waals surface area contributed by atoms with E-state index in [1.165, 1.54) is 5.56 Å². The molecule has 3 fully saturated rings. The zero-order chi connectivity index (χ0) is 11.8. The average Bonchev–Trinajstić information content (AvgIpc) is 2.37. The Labute approximate surface area is 102 Å². The molecule has 17 heavy (non-hydrogen) atoms. The number of phenolic OH excluding ortho intramolecular Hbond substituents is 1. The third kappa shape index (κ3) is 2.05. The molecule has 3 aliphatic heterocycles. The number of nitrogens with zero attached hydrogens (tertiary/aromatic N) is 1. The number of aliphatic hydroxyl groups excluding tert-OH is 1. The summed E-state index contributed by atoms with van der Waals surface area (Å²) in [6.07, 6.45) is 3.00. The van der Waals surface area contributed by atoms with E-state index in [1.54, 1.807) is 12.1 Å². The maximum atomic E-state index is 10.3. The van der Waals surface area contributed by atoms with Gasteiger partial charge in [0.25, 0.3) is 0 Å². The number of fused-ring (bicyclic) bond motifs is 3. The lowest BCUT2D eigenvalue weighted by molar-refractivity contribution is -0.0715. The van der Waals surface area contributed by atoms with Gasteiger partial charge in [-0.05, 0) is 56.0 Å². The second-order valence-electron chi connectivity index (χ2n) is 5.30. The molecule has 0 amide bonds. The first-order valence-electron chi connectivity index (χ1n) is 6.44. The van der Waals surface area contributed by atoms with Crippen LogP contribution in [0.25, 0.3) is 0 Å². The molecule has 0 spiro atoms. The van der Waals surface area contributed by atoms with Gasteiger partial charge in [-0.3, -0.25) is 4.90 Å². The van der Waals surface area contributed by atoms with Crippen molar-refractivity contribution in [3.05, 3.63) is 29.8 Å². The van der Waals surface area contributed by atoms with E-state index in [0.29, 0.717) is 11.7 Å². The number of benzene rings is 1. The van der Waals surface area contributed by atoms with Crippen LogP contribution in [0.2, 0.25) is 0 Å². The normalized spacial score (nSPS) is 36.1. The minimum Gasteiger partial charge on any atom is -0.508 e. The zero-order valence-electron chi connectivity index (χ0n) is 9.92. The van der Waals surface area contributed by atoms with Crippen LogP contribution in [-0.2, 0) is 6.42 Å². The van der Waals surface area contributed by atoms with Gasteiger partial charge < -0.3 is 10.2 Å². The maximum absolute atomic E-state index is 10.3. The smallest absolute Gasteiger partial charge is 0.115 e. The Morgan fingerprint density at radius 3 is 2.35 bits per heavy atom. The van der Waals surface area contributed by atoms with Crippen molar-refractivity contribution < 1.29 is 10.2 Å². The lowest BCUT2D eigenvalue weighted by Gasteiger charge is -2.49. The van der Waals surface area contributed by atoms with Crippen molar-refractivity contribution in [1.29, 1.82) is 0 Å². The van der Waals surface area contributed by atoms with Gasteiger partial charge in [0.2, 0.25) is 0 Å². The molecule has 3 aliphatic rings. The third-order valence-electron chi connectivity index (χ3n) is 4.30. The molecule has 92 valence electrons. The van der Waals surface area contributed by atoms with Gasteiger partial charge in [-0.15, -0.1) is 0 Å². The van der Waals surface area contributed by atoms with Crippen LogP contribution in [-0.4, -0.2) is 40.3 Å². The predicted molar refractivity (Wildman–Crippen MR) is 65.9 cm³/mol. The van der Waals surface area contributed by atoms with E-state index >= 15 is 0 Å². The minimum atomic E-state index is -0.175. The molecule has 0 aromatic heterocycles. The number of piperidine rings is 3. The van der Waals surface area contributed by atoms with Crippen LogP contribution in [0.1, 0.15) is 18.4 Å². The van der Waals surface area contributed by atoms with Crippen molar-refractivity contribution in [2.75, 3.05) is 13.1 Å². The molecule has 2 unspecified atom stereocenters. The van der Waals surface area contributed by atoms with E-state index in [4.69, 9.17) is 0 Å². The van der Waals surface area contributed by atoms with Gasteiger partial charge in [-0.2, -0.15) is 0 Å². The molecular formula is C14H19NO2. The summed E-state index contributed by atoms with van der Waals surface area (Å²) < 4.78 is 0. The summed E-state index contributed by atoms with van der Waals surface area (Å²) >= 11 is 0. The molecule has 2 bridgehead atoms. The second-order valence-corrected chi connectivity index (χ2v) is 5.30. The summed E-state index contributed by atoms with van der Waals surface area (Å²) in [6, 6.07) is 7.61. The van der Waals surface area contributed by atoms with Gasteiger partial charge in [-0.25, -0.2) is 0 Å². The summed E-state index contributed by atoms with van der Waals surface area (Å²) in [5.74, 6) is 0.807. The Morgan fingerprint density at radius 1 is 1.12 bits per heavy atom. The van der Waals surface area contributed by atoms with E-state index in [9.17, 15) is 10.2 Å². The molecular weight excluding hydrogens is 214 g/mol. The molecule has 0 saturated carbocycles. The molecule has 3 nitrogen and oxygen atoms in total. The van der Waals surface area contributed by atoms with Gasteiger partial charge >= 0.3 is 0 Å². The first-order valence-corrected chi connectivity index (χ1v) is 6.44. The Morgan fingerprint density at radius 2 is 1.76 bits per heavy atom. The SMILES string of the molecule is Oc1ccc(CC2C(O)C3CCN2CC3)cc1. The number of rotatable bonds is 2. The molecule has 2 N–H and O–H groups in total. The number of phenols is 1. The first kappa shape index (κ1) is 11.1. The summed E-state index contributed by atoms with van der Waals surface area (Å²) in [5.41, 5.74) is 1.19. The van der Waals surface area contributed by atoms with Gasteiger partial charge in [-0.1, -0.05) is 12.1 Å². The quantitative estimate of drug-likeness (QED) is 0.811. The van der Waals surface area contributed by atoms with E-state index in [-0.39, 0.29) is 12.1 Å². The predicted octanol–water partition coefficient (Wildman–Crippen LogP) is 1.39. The van der Waals surface area contributed by atoms with Crippen molar-refractivity contribution in [1.82, 2.24) is 4.90 Å². The van der Waals surface area contributed by atoms with Crippen molar-refractivity contribution in [2.24, 2.45) is 5.92 Å². The van der Waals surface area contributed by atoms with Crippen molar-refractivity contribution in [3.63, 3.8) is 0 Å². The van der Waals surface area contributed by atoms with Crippen LogP contribution < -0.4 is 0 Å². The standard InChI is InChI=1S/C14H19NO2/c16-12-3-1-10(2-4-12)9-13-14(17)11-5-7-15(13)8-6-11/h1-4,11,13-14,16-17H,5-9H2. The Kier molecular flexibility index (Phi) is 2.81. The van der Waals surface area contributed by atoms with Crippen molar-refractivity contribution in [2.45, 2.75) is 31.4 Å². The second kappa shape index (κ2) is 4.31. The fourth-order valence-electron chi connectivity index (χ4n) is 3.25. The number of aliphatic hydroxyl groups is 1. The average molecular weight is 233 g/mol. The molecule has 0 radical (unpaired) electrons. The highest BCUT2D eigenvalue weighted by molar-refractivity contribution is 5.26. The third-order valence-corrected chi connectivity index (χ3v) is 4.30. The van der Waals surface area contributed by atoms with Crippen LogP contribution in [0.15, 0.2) is 24.3 Å². The highest BCUT2D eigenvalue weighted by Crippen LogP contribution is 2.33. The van der Waals surface area contributed by atoms with E-state index < -0.39 is 0 Å². The summed E-state index contributed by atoms with van der Waals surface area (Å²) in [6.45, 7) is 2.26. The largest absolute Gasteiger partial charge is 0.508 e. The zero-order valence-corrected chi connectivity index (χ0v) is 9.92. The number of hydrogen-bond acceptors (Lipinski definition) is 3. The van der Waals surface area contributed by atoms with Crippen LogP contribution in [0.5, 0.6) is 5.75 Å². The fourth-order valence-corrected chi connectivity index (χ4v) is 3.25. The number of aromatic hydroxyl groups is 1.